The number of nitrogens with zero attached hydrogens (tertiary/aromatic N) is 1. The maximum atomic E-state index is 12.5. The molecule has 0 radical (unpaired) electrons. The first-order chi connectivity index (χ1) is 12.0. The van der Waals surface area contributed by atoms with Gasteiger partial charge in [0.25, 0.3) is 5.91 Å². The van der Waals surface area contributed by atoms with Crippen LogP contribution in [0.5, 0.6) is 0 Å². The average Bonchev–Trinajstić information content (AvgIpc) is 2.95. The van der Waals surface area contributed by atoms with Crippen LogP contribution >= 0.6 is 0 Å². The van der Waals surface area contributed by atoms with E-state index in [4.69, 9.17) is 4.74 Å². The summed E-state index contributed by atoms with van der Waals surface area (Å²) in [7, 11) is -1.65. The van der Waals surface area contributed by atoms with Crippen LogP contribution in [0.4, 0.5) is 11.4 Å². The first-order valence-electron chi connectivity index (χ1n) is 7.99. The van der Waals surface area contributed by atoms with Gasteiger partial charge in [-0.3, -0.25) is 9.10 Å². The molecule has 25 heavy (non-hydrogen) atoms. The summed E-state index contributed by atoms with van der Waals surface area (Å²) in [6.45, 7) is 0.915. The number of methoxy groups -OCH3 is 1. The fraction of sp³-hybridized carbons (Fsp3) is 0.278. The van der Waals surface area contributed by atoms with Gasteiger partial charge in [-0.05, 0) is 42.3 Å². The molecule has 1 amide bonds. The van der Waals surface area contributed by atoms with Gasteiger partial charge < -0.3 is 10.1 Å². The summed E-state index contributed by atoms with van der Waals surface area (Å²) in [5.41, 5.74) is 2.56. The van der Waals surface area contributed by atoms with Crippen LogP contribution in [0.15, 0.2) is 48.5 Å². The van der Waals surface area contributed by atoms with E-state index in [1.54, 1.807) is 37.4 Å². The van der Waals surface area contributed by atoms with Crippen molar-refractivity contribution in [1.82, 2.24) is 0 Å². The van der Waals surface area contributed by atoms with Crippen LogP contribution in [0.1, 0.15) is 22.3 Å². The topological polar surface area (TPSA) is 75.7 Å². The Bertz CT molecular complexity index is 880. The van der Waals surface area contributed by atoms with Crippen molar-refractivity contribution in [2.75, 3.05) is 29.0 Å². The van der Waals surface area contributed by atoms with Crippen LogP contribution in [0, 0.1) is 0 Å². The Balaban J connectivity index is 1.79. The van der Waals surface area contributed by atoms with E-state index in [1.165, 1.54) is 4.31 Å². The highest BCUT2D eigenvalue weighted by atomic mass is 32.2. The van der Waals surface area contributed by atoms with E-state index in [9.17, 15) is 13.2 Å². The second kappa shape index (κ2) is 7.25. The third kappa shape index (κ3) is 4.00. The standard InChI is InChI=1S/C18H20N2O4S/c1-24-13-14-5-2-7-16(11-14)19-18(21)15-6-3-8-17(12-15)20-9-4-10-25(20,22)23/h2-3,5-8,11-12H,4,9-10,13H2,1H3,(H,19,21). The minimum absolute atomic E-state index is 0.149. The predicted octanol–water partition coefficient (Wildman–Crippen LogP) is 2.63. The van der Waals surface area contributed by atoms with Gasteiger partial charge >= 0.3 is 0 Å². The van der Waals surface area contributed by atoms with Crippen molar-refractivity contribution in [2.24, 2.45) is 0 Å². The van der Waals surface area contributed by atoms with Crippen molar-refractivity contribution in [2.45, 2.75) is 13.0 Å². The molecule has 0 spiro atoms. The van der Waals surface area contributed by atoms with E-state index < -0.39 is 10.0 Å². The summed E-state index contributed by atoms with van der Waals surface area (Å²) in [6.07, 6.45) is 0.602. The number of rotatable bonds is 5. The number of amides is 1. The highest BCUT2D eigenvalue weighted by Gasteiger charge is 2.28. The molecule has 1 N–H and O–H groups in total. The van der Waals surface area contributed by atoms with Crippen LogP contribution in [0.25, 0.3) is 0 Å². The average molecular weight is 360 g/mol. The molecule has 3 rings (SSSR count). The Morgan fingerprint density at radius 1 is 1.20 bits per heavy atom. The lowest BCUT2D eigenvalue weighted by atomic mass is 10.1. The zero-order valence-electron chi connectivity index (χ0n) is 13.9. The Labute approximate surface area is 147 Å². The third-order valence-electron chi connectivity index (χ3n) is 3.99. The van der Waals surface area contributed by atoms with Crippen molar-refractivity contribution in [3.8, 4) is 0 Å². The second-order valence-corrected chi connectivity index (χ2v) is 7.89. The molecule has 1 fully saturated rings. The van der Waals surface area contributed by atoms with Crippen molar-refractivity contribution in [3.63, 3.8) is 0 Å². The molecule has 1 heterocycles. The zero-order valence-corrected chi connectivity index (χ0v) is 14.8. The Kier molecular flexibility index (Phi) is 5.06. The van der Waals surface area contributed by atoms with Crippen molar-refractivity contribution < 1.29 is 17.9 Å². The van der Waals surface area contributed by atoms with E-state index in [1.807, 2.05) is 18.2 Å². The molecule has 2 aromatic carbocycles. The second-order valence-electron chi connectivity index (χ2n) is 5.88. The summed E-state index contributed by atoms with van der Waals surface area (Å²) in [4.78, 5) is 12.5. The summed E-state index contributed by atoms with van der Waals surface area (Å²) in [5.74, 6) is -0.136. The molecule has 0 aliphatic carbocycles. The van der Waals surface area contributed by atoms with Crippen molar-refractivity contribution >= 4 is 27.3 Å². The molecule has 132 valence electrons. The van der Waals surface area contributed by atoms with Crippen LogP contribution in [0.2, 0.25) is 0 Å². The fourth-order valence-corrected chi connectivity index (χ4v) is 4.40. The normalized spacial score (nSPS) is 16.0. The van der Waals surface area contributed by atoms with E-state index in [-0.39, 0.29) is 11.7 Å². The number of benzene rings is 2. The molecule has 1 aliphatic rings. The molecule has 0 bridgehead atoms. The largest absolute Gasteiger partial charge is 0.380 e. The first kappa shape index (κ1) is 17.4. The summed E-state index contributed by atoms with van der Waals surface area (Å²) in [5, 5.41) is 2.83. The highest BCUT2D eigenvalue weighted by molar-refractivity contribution is 7.93. The Morgan fingerprint density at radius 2 is 2.00 bits per heavy atom. The van der Waals surface area contributed by atoms with Crippen LogP contribution < -0.4 is 9.62 Å². The number of hydrogen-bond acceptors (Lipinski definition) is 4. The molecule has 1 aliphatic heterocycles. The molecule has 1 saturated heterocycles. The summed E-state index contributed by atoms with van der Waals surface area (Å²) < 4.78 is 30.5. The van der Waals surface area contributed by atoms with Crippen LogP contribution in [-0.2, 0) is 21.4 Å². The number of ether oxygens (including phenoxy) is 1. The molecule has 0 atom stereocenters. The lowest BCUT2D eigenvalue weighted by Crippen LogP contribution is -2.25. The molecule has 2 aromatic rings. The van der Waals surface area contributed by atoms with Gasteiger partial charge in [-0.1, -0.05) is 18.2 Å². The lowest BCUT2D eigenvalue weighted by Gasteiger charge is -2.17. The molecular formula is C18H20N2O4S. The number of anilines is 2. The van der Waals surface area contributed by atoms with E-state index in [0.29, 0.717) is 36.5 Å². The Morgan fingerprint density at radius 3 is 2.72 bits per heavy atom. The van der Waals surface area contributed by atoms with Crippen molar-refractivity contribution in [1.29, 1.82) is 0 Å². The van der Waals surface area contributed by atoms with E-state index >= 15 is 0 Å². The zero-order chi connectivity index (χ0) is 17.9. The number of carbonyl (C=O) groups excluding carboxylic acids is 1. The van der Waals surface area contributed by atoms with Crippen LogP contribution in [-0.4, -0.2) is 33.7 Å². The summed E-state index contributed by atoms with van der Waals surface area (Å²) >= 11 is 0. The molecular weight excluding hydrogens is 340 g/mol. The van der Waals surface area contributed by atoms with E-state index in [2.05, 4.69) is 5.32 Å². The highest BCUT2D eigenvalue weighted by Crippen LogP contribution is 2.25. The monoisotopic (exact) mass is 360 g/mol. The smallest absolute Gasteiger partial charge is 0.255 e. The molecule has 6 nitrogen and oxygen atoms in total. The van der Waals surface area contributed by atoms with Gasteiger partial charge in [0.1, 0.15) is 0 Å². The van der Waals surface area contributed by atoms with Gasteiger partial charge in [-0.15, -0.1) is 0 Å². The van der Waals surface area contributed by atoms with Gasteiger partial charge in [0.2, 0.25) is 10.0 Å². The maximum Gasteiger partial charge on any atom is 0.255 e. The maximum absolute atomic E-state index is 12.5. The summed E-state index contributed by atoms with van der Waals surface area (Å²) in [6, 6.07) is 14.1. The molecule has 0 aromatic heterocycles. The van der Waals surface area contributed by atoms with Gasteiger partial charge in [0.05, 0.1) is 18.0 Å². The van der Waals surface area contributed by atoms with Crippen LogP contribution in [0.3, 0.4) is 0 Å². The van der Waals surface area contributed by atoms with Gasteiger partial charge in [0.15, 0.2) is 0 Å². The third-order valence-corrected chi connectivity index (χ3v) is 5.86. The quantitative estimate of drug-likeness (QED) is 0.889. The molecule has 0 saturated carbocycles. The lowest BCUT2D eigenvalue weighted by molar-refractivity contribution is 0.102. The first-order valence-corrected chi connectivity index (χ1v) is 9.60. The predicted molar refractivity (Wildman–Crippen MR) is 97.3 cm³/mol. The van der Waals surface area contributed by atoms with Gasteiger partial charge in [0, 0.05) is 24.9 Å². The number of nitrogens with one attached hydrogen (secondary N) is 1. The van der Waals surface area contributed by atoms with Gasteiger partial charge in [-0.2, -0.15) is 0 Å². The minimum Gasteiger partial charge on any atom is -0.380 e. The Hall–Kier alpha value is -2.38. The SMILES string of the molecule is COCc1cccc(NC(=O)c2cccc(N3CCCS3(=O)=O)c2)c1. The van der Waals surface area contributed by atoms with Gasteiger partial charge in [-0.25, -0.2) is 8.42 Å². The minimum atomic E-state index is -3.27. The van der Waals surface area contributed by atoms with Crippen molar-refractivity contribution in [3.05, 3.63) is 59.7 Å². The molecule has 0 unspecified atom stereocenters. The number of carbonyl (C=O) groups is 1. The number of sulfonamides is 1. The molecule has 7 heteroatoms. The number of hydrogen-bond donors (Lipinski definition) is 1. The van der Waals surface area contributed by atoms with E-state index in [0.717, 1.165) is 5.56 Å². The fourth-order valence-electron chi connectivity index (χ4n) is 2.84.